The Bertz CT molecular complexity index is 805. The van der Waals surface area contributed by atoms with E-state index in [1.807, 2.05) is 0 Å². The summed E-state index contributed by atoms with van der Waals surface area (Å²) in [5, 5.41) is 18.9. The molecule has 0 saturated heterocycles. The second-order valence-corrected chi connectivity index (χ2v) is 7.51. The number of nitrogens with one attached hydrogen (secondary N) is 3. The topological polar surface area (TPSA) is 99.2 Å². The van der Waals surface area contributed by atoms with Gasteiger partial charge in [-0.1, -0.05) is 34.8 Å². The van der Waals surface area contributed by atoms with Crippen molar-refractivity contribution >= 4 is 58.2 Å². The Labute approximate surface area is 171 Å². The zero-order valence-corrected chi connectivity index (χ0v) is 16.4. The highest BCUT2D eigenvalue weighted by atomic mass is 35.5. The van der Waals surface area contributed by atoms with Gasteiger partial charge in [0, 0.05) is 17.1 Å². The van der Waals surface area contributed by atoms with Crippen molar-refractivity contribution in [3.63, 3.8) is 0 Å². The Morgan fingerprint density at radius 3 is 2.26 bits per heavy atom. The Hall–Kier alpha value is -1.80. The van der Waals surface area contributed by atoms with Crippen LogP contribution >= 0.6 is 34.8 Å². The molecule has 4 N–H and O–H groups in total. The molecule has 0 radical (unpaired) electrons. The maximum Gasteiger partial charge on any atom is 0.324 e. The van der Waals surface area contributed by atoms with E-state index in [1.165, 1.54) is 18.5 Å². The third-order valence-electron chi connectivity index (χ3n) is 4.20. The molecule has 0 bridgehead atoms. The lowest BCUT2D eigenvalue weighted by atomic mass is 9.93. The molecule has 1 fully saturated rings. The monoisotopic (exact) mass is 429 g/mol. The molecule has 0 aliphatic heterocycles. The molecule has 2 aromatic rings. The van der Waals surface area contributed by atoms with Gasteiger partial charge >= 0.3 is 6.03 Å². The van der Waals surface area contributed by atoms with E-state index in [9.17, 15) is 9.90 Å². The third-order valence-corrected chi connectivity index (χ3v) is 5.02. The first-order valence-electron chi connectivity index (χ1n) is 8.40. The average Bonchev–Trinajstić information content (AvgIpc) is 2.60. The second kappa shape index (κ2) is 8.93. The summed E-state index contributed by atoms with van der Waals surface area (Å²) < 4.78 is 0. The van der Waals surface area contributed by atoms with Crippen molar-refractivity contribution in [1.29, 1.82) is 0 Å². The van der Waals surface area contributed by atoms with Crippen LogP contribution in [0.15, 0.2) is 24.5 Å². The smallest absolute Gasteiger partial charge is 0.324 e. The minimum atomic E-state index is -0.549. The molecule has 1 aromatic heterocycles. The summed E-state index contributed by atoms with van der Waals surface area (Å²) >= 11 is 18.0. The molecule has 0 atom stereocenters. The number of hydrogen-bond donors (Lipinski definition) is 4. The number of hydrogen-bond acceptors (Lipinski definition) is 5. The van der Waals surface area contributed by atoms with E-state index in [1.54, 1.807) is 6.07 Å². The molecule has 2 amide bonds. The number of anilines is 3. The van der Waals surface area contributed by atoms with E-state index in [0.29, 0.717) is 16.7 Å². The number of amides is 2. The molecule has 1 aliphatic carbocycles. The molecule has 144 valence electrons. The highest BCUT2D eigenvalue weighted by Crippen LogP contribution is 2.33. The molecule has 10 heteroatoms. The van der Waals surface area contributed by atoms with Gasteiger partial charge in [-0.25, -0.2) is 14.8 Å². The lowest BCUT2D eigenvalue weighted by Gasteiger charge is -2.26. The molecule has 0 unspecified atom stereocenters. The van der Waals surface area contributed by atoms with Gasteiger partial charge in [-0.15, -0.1) is 0 Å². The molecule has 3 rings (SSSR count). The predicted octanol–water partition coefficient (Wildman–Crippen LogP) is 4.80. The van der Waals surface area contributed by atoms with E-state index in [0.717, 1.165) is 25.7 Å². The molecule has 1 heterocycles. The van der Waals surface area contributed by atoms with Crippen LogP contribution in [-0.4, -0.2) is 33.3 Å². The first-order chi connectivity index (χ1) is 12.9. The largest absolute Gasteiger partial charge is 0.393 e. The summed E-state index contributed by atoms with van der Waals surface area (Å²) in [5.41, 5.74) is 0.258. The van der Waals surface area contributed by atoms with Crippen molar-refractivity contribution in [2.45, 2.75) is 37.8 Å². The van der Waals surface area contributed by atoms with Crippen LogP contribution in [0, 0.1) is 0 Å². The zero-order chi connectivity index (χ0) is 19.4. The van der Waals surface area contributed by atoms with Crippen LogP contribution in [0.4, 0.5) is 22.1 Å². The third kappa shape index (κ3) is 5.59. The number of halogens is 3. The maximum absolute atomic E-state index is 12.2. The predicted molar refractivity (Wildman–Crippen MR) is 108 cm³/mol. The fourth-order valence-corrected chi connectivity index (χ4v) is 3.77. The van der Waals surface area contributed by atoms with Crippen LogP contribution in [0.1, 0.15) is 25.7 Å². The summed E-state index contributed by atoms with van der Waals surface area (Å²) in [4.78, 5) is 20.4. The van der Waals surface area contributed by atoms with Gasteiger partial charge in [-0.05, 0) is 37.8 Å². The van der Waals surface area contributed by atoms with Gasteiger partial charge in [0.25, 0.3) is 0 Å². The summed E-state index contributed by atoms with van der Waals surface area (Å²) in [5.74, 6) is 0.923. The van der Waals surface area contributed by atoms with Crippen LogP contribution in [0.25, 0.3) is 0 Å². The highest BCUT2D eigenvalue weighted by Gasteiger charge is 2.19. The molecule has 1 aromatic carbocycles. The number of aromatic nitrogens is 2. The number of carbonyl (C=O) groups excluding carboxylic acids is 1. The van der Waals surface area contributed by atoms with Crippen LogP contribution in [0.2, 0.25) is 15.1 Å². The van der Waals surface area contributed by atoms with E-state index in [2.05, 4.69) is 25.9 Å². The molecule has 1 saturated carbocycles. The zero-order valence-electron chi connectivity index (χ0n) is 14.2. The van der Waals surface area contributed by atoms with Gasteiger partial charge in [-0.2, -0.15) is 0 Å². The van der Waals surface area contributed by atoms with E-state index < -0.39 is 6.03 Å². The quantitative estimate of drug-likeness (QED) is 0.558. The molecular formula is C17H18Cl3N5O2. The lowest BCUT2D eigenvalue weighted by Crippen LogP contribution is -2.28. The average molecular weight is 431 g/mol. The first-order valence-corrected chi connectivity index (χ1v) is 9.53. The molecule has 1 aliphatic rings. The minimum absolute atomic E-state index is 0.221. The van der Waals surface area contributed by atoms with Crippen LogP contribution in [0.5, 0.6) is 0 Å². The Balaban J connectivity index is 1.61. The minimum Gasteiger partial charge on any atom is -0.393 e. The molecule has 27 heavy (non-hydrogen) atoms. The fraction of sp³-hybridized carbons (Fsp3) is 0.353. The SMILES string of the molecule is O=C(Nc1cc(NC2CCC(O)CC2)ncn1)Nc1c(Cl)cc(Cl)cc1Cl. The Morgan fingerprint density at radius 2 is 1.59 bits per heavy atom. The first kappa shape index (κ1) is 19.9. The Morgan fingerprint density at radius 1 is 0.963 bits per heavy atom. The van der Waals surface area contributed by atoms with Gasteiger partial charge in [0.05, 0.1) is 21.8 Å². The number of nitrogens with zero attached hydrogens (tertiary/aromatic N) is 2. The summed E-state index contributed by atoms with van der Waals surface area (Å²) in [7, 11) is 0. The van der Waals surface area contributed by atoms with Crippen molar-refractivity contribution < 1.29 is 9.90 Å². The lowest BCUT2D eigenvalue weighted by molar-refractivity contribution is 0.126. The van der Waals surface area contributed by atoms with Crippen molar-refractivity contribution in [2.24, 2.45) is 0 Å². The summed E-state index contributed by atoms with van der Waals surface area (Å²) in [6.45, 7) is 0. The van der Waals surface area contributed by atoms with E-state index in [4.69, 9.17) is 34.8 Å². The summed E-state index contributed by atoms with van der Waals surface area (Å²) in [6.07, 6.45) is 4.39. The van der Waals surface area contributed by atoms with Crippen molar-refractivity contribution in [1.82, 2.24) is 9.97 Å². The number of carbonyl (C=O) groups is 1. The van der Waals surface area contributed by atoms with Gasteiger partial charge in [0.15, 0.2) is 0 Å². The van der Waals surface area contributed by atoms with Crippen LogP contribution < -0.4 is 16.0 Å². The van der Waals surface area contributed by atoms with E-state index in [-0.39, 0.29) is 27.9 Å². The number of benzene rings is 1. The van der Waals surface area contributed by atoms with Crippen molar-refractivity contribution in [3.8, 4) is 0 Å². The Kier molecular flexibility index (Phi) is 6.59. The van der Waals surface area contributed by atoms with Crippen LogP contribution in [0.3, 0.4) is 0 Å². The van der Waals surface area contributed by atoms with E-state index >= 15 is 0 Å². The van der Waals surface area contributed by atoms with Crippen molar-refractivity contribution in [2.75, 3.05) is 16.0 Å². The second-order valence-electron chi connectivity index (χ2n) is 6.26. The number of aliphatic hydroxyl groups excluding tert-OH is 1. The van der Waals surface area contributed by atoms with Gasteiger partial charge in [0.2, 0.25) is 0 Å². The molecule has 7 nitrogen and oxygen atoms in total. The molecule has 0 spiro atoms. The number of urea groups is 1. The standard InChI is InChI=1S/C17H18Cl3N5O2/c18-9-5-12(19)16(13(20)6-9)25-17(27)24-15-7-14(21-8-22-15)23-10-1-3-11(26)4-2-10/h5-8,10-11,26H,1-4H2,(H3,21,22,23,24,25,27). The normalized spacial score (nSPS) is 19.4. The maximum atomic E-state index is 12.2. The van der Waals surface area contributed by atoms with Gasteiger partial charge in [-0.3, -0.25) is 5.32 Å². The van der Waals surface area contributed by atoms with Crippen molar-refractivity contribution in [3.05, 3.63) is 39.6 Å². The summed E-state index contributed by atoms with van der Waals surface area (Å²) in [6, 6.07) is 4.29. The number of rotatable bonds is 4. The number of aliphatic hydroxyl groups is 1. The van der Waals surface area contributed by atoms with Gasteiger partial charge in [0.1, 0.15) is 18.0 Å². The fourth-order valence-electron chi connectivity index (χ4n) is 2.86. The molecular weight excluding hydrogens is 413 g/mol. The van der Waals surface area contributed by atoms with Gasteiger partial charge < -0.3 is 15.7 Å². The highest BCUT2D eigenvalue weighted by molar-refractivity contribution is 6.42. The van der Waals surface area contributed by atoms with Crippen LogP contribution in [-0.2, 0) is 0 Å².